The van der Waals surface area contributed by atoms with Gasteiger partial charge in [-0.2, -0.15) is 0 Å². The monoisotopic (exact) mass is 163 g/mol. The van der Waals surface area contributed by atoms with Gasteiger partial charge in [0.05, 0.1) is 6.61 Å². The van der Waals surface area contributed by atoms with Gasteiger partial charge in [-0.3, -0.25) is 25.1 Å². The van der Waals surface area contributed by atoms with E-state index in [0.29, 0.717) is 0 Å². The van der Waals surface area contributed by atoms with Crippen molar-refractivity contribution in [3.63, 3.8) is 0 Å². The SMILES string of the molecule is O=[N+]([O-])C1([N+](=O)[O-])CCON1. The van der Waals surface area contributed by atoms with Gasteiger partial charge < -0.3 is 0 Å². The van der Waals surface area contributed by atoms with Crippen LogP contribution in [0.4, 0.5) is 0 Å². The molecule has 0 unspecified atom stereocenters. The average Bonchev–Trinajstić information content (AvgIpc) is 2.34. The molecule has 11 heavy (non-hydrogen) atoms. The highest BCUT2D eigenvalue weighted by molar-refractivity contribution is 4.63. The van der Waals surface area contributed by atoms with Crippen molar-refractivity contribution >= 4 is 0 Å². The first-order valence-corrected chi connectivity index (χ1v) is 2.77. The Morgan fingerprint density at radius 1 is 1.36 bits per heavy atom. The molecule has 8 nitrogen and oxygen atoms in total. The lowest BCUT2D eigenvalue weighted by Gasteiger charge is -2.07. The molecule has 62 valence electrons. The molecule has 8 heteroatoms. The van der Waals surface area contributed by atoms with Crippen LogP contribution in [0.15, 0.2) is 0 Å². The maximum Gasteiger partial charge on any atom is 0.543 e. The molecule has 0 radical (unpaired) electrons. The molecule has 0 spiro atoms. The summed E-state index contributed by atoms with van der Waals surface area (Å²) in [6.07, 6.45) is -0.257. The first kappa shape index (κ1) is 7.82. The van der Waals surface area contributed by atoms with Gasteiger partial charge in [-0.1, -0.05) is 5.48 Å². The number of nitro groups is 2. The Hall–Kier alpha value is -1.28. The fourth-order valence-corrected chi connectivity index (χ4v) is 0.735. The van der Waals surface area contributed by atoms with E-state index in [9.17, 15) is 20.2 Å². The zero-order valence-corrected chi connectivity index (χ0v) is 5.35. The number of nitrogens with zero attached hydrogens (tertiary/aromatic N) is 2. The smallest absolute Gasteiger partial charge is 0.289 e. The minimum Gasteiger partial charge on any atom is -0.289 e. The van der Waals surface area contributed by atoms with Crippen LogP contribution >= 0.6 is 0 Å². The Morgan fingerprint density at radius 2 is 1.91 bits per heavy atom. The van der Waals surface area contributed by atoms with E-state index >= 15 is 0 Å². The molecule has 0 amide bonds. The van der Waals surface area contributed by atoms with Crippen LogP contribution in [0.3, 0.4) is 0 Å². The van der Waals surface area contributed by atoms with Crippen LogP contribution in [-0.2, 0) is 4.84 Å². The van der Waals surface area contributed by atoms with Gasteiger partial charge in [0.1, 0.15) is 16.3 Å². The summed E-state index contributed by atoms with van der Waals surface area (Å²) < 4.78 is 0. The standard InChI is InChI=1S/C3H5N3O5/c7-5(8)3(6(9)10)1-2-11-4-3/h4H,1-2H2. The molecule has 0 aliphatic carbocycles. The molecular weight excluding hydrogens is 158 g/mol. The second kappa shape index (κ2) is 2.40. The molecule has 0 atom stereocenters. The highest BCUT2D eigenvalue weighted by Crippen LogP contribution is 2.17. The minimum absolute atomic E-state index is 0.0258. The van der Waals surface area contributed by atoms with Crippen molar-refractivity contribution in [2.45, 2.75) is 12.2 Å². The van der Waals surface area contributed by atoms with Crippen LogP contribution < -0.4 is 5.48 Å². The minimum atomic E-state index is -2.33. The van der Waals surface area contributed by atoms with Crippen LogP contribution in [0.1, 0.15) is 6.42 Å². The molecule has 1 heterocycles. The second-order valence-electron chi connectivity index (χ2n) is 2.03. The van der Waals surface area contributed by atoms with Gasteiger partial charge >= 0.3 is 5.79 Å². The summed E-state index contributed by atoms with van der Waals surface area (Å²) in [5, 5.41) is 20.4. The molecule has 0 bridgehead atoms. The van der Waals surface area contributed by atoms with E-state index in [-0.39, 0.29) is 13.0 Å². The van der Waals surface area contributed by atoms with Gasteiger partial charge in [-0.25, -0.2) is 0 Å². The maximum absolute atomic E-state index is 10.2. The van der Waals surface area contributed by atoms with E-state index in [1.807, 2.05) is 0 Å². The third-order valence-electron chi connectivity index (χ3n) is 1.39. The van der Waals surface area contributed by atoms with E-state index in [1.165, 1.54) is 0 Å². The Morgan fingerprint density at radius 3 is 2.09 bits per heavy atom. The van der Waals surface area contributed by atoms with Gasteiger partial charge in [0.15, 0.2) is 0 Å². The van der Waals surface area contributed by atoms with Crippen molar-refractivity contribution in [2.24, 2.45) is 0 Å². The summed E-state index contributed by atoms with van der Waals surface area (Å²) in [5.74, 6) is -2.33. The van der Waals surface area contributed by atoms with Crippen molar-refractivity contribution in [3.05, 3.63) is 20.2 Å². The zero-order valence-electron chi connectivity index (χ0n) is 5.35. The molecule has 0 aromatic rings. The van der Waals surface area contributed by atoms with Crippen molar-refractivity contribution in [1.82, 2.24) is 5.48 Å². The van der Waals surface area contributed by atoms with Crippen molar-refractivity contribution in [1.29, 1.82) is 0 Å². The second-order valence-corrected chi connectivity index (χ2v) is 2.03. The number of hydroxylamine groups is 1. The van der Waals surface area contributed by atoms with Crippen LogP contribution in [-0.4, -0.2) is 22.2 Å². The fraction of sp³-hybridized carbons (Fsp3) is 1.00. The van der Waals surface area contributed by atoms with Gasteiger partial charge in [0.25, 0.3) is 0 Å². The molecule has 0 saturated carbocycles. The van der Waals surface area contributed by atoms with Crippen LogP contribution in [0, 0.1) is 20.2 Å². The Labute approximate surface area is 60.4 Å². The highest BCUT2D eigenvalue weighted by Gasteiger charge is 2.60. The van der Waals surface area contributed by atoms with Gasteiger partial charge in [-0.15, -0.1) is 0 Å². The van der Waals surface area contributed by atoms with Crippen LogP contribution in [0.2, 0.25) is 0 Å². The third-order valence-corrected chi connectivity index (χ3v) is 1.39. The predicted molar refractivity (Wildman–Crippen MR) is 30.4 cm³/mol. The maximum atomic E-state index is 10.2. The van der Waals surface area contributed by atoms with Crippen LogP contribution in [0.25, 0.3) is 0 Å². The topological polar surface area (TPSA) is 108 Å². The van der Waals surface area contributed by atoms with Crippen LogP contribution in [0.5, 0.6) is 0 Å². The molecule has 0 aromatic carbocycles. The summed E-state index contributed by atoms with van der Waals surface area (Å²) in [6.45, 7) is -0.0258. The predicted octanol–water partition coefficient (Wildman–Crippen LogP) is -0.882. The summed E-state index contributed by atoms with van der Waals surface area (Å²) in [4.78, 5) is 22.7. The molecule has 1 aliphatic rings. The highest BCUT2D eigenvalue weighted by atomic mass is 16.7. The molecule has 1 fully saturated rings. The quantitative estimate of drug-likeness (QED) is 0.321. The lowest BCUT2D eigenvalue weighted by atomic mass is 10.3. The number of hydrogen-bond acceptors (Lipinski definition) is 6. The summed E-state index contributed by atoms with van der Waals surface area (Å²) in [6, 6.07) is 0. The Kier molecular flexibility index (Phi) is 1.71. The molecular formula is C3H5N3O5. The van der Waals surface area contributed by atoms with E-state index < -0.39 is 15.6 Å². The lowest BCUT2D eigenvalue weighted by molar-refractivity contribution is -0.806. The largest absolute Gasteiger partial charge is 0.543 e. The summed E-state index contributed by atoms with van der Waals surface area (Å²) in [7, 11) is 0. The number of hydrogen-bond donors (Lipinski definition) is 1. The molecule has 1 saturated heterocycles. The van der Waals surface area contributed by atoms with Crippen molar-refractivity contribution < 1.29 is 14.7 Å². The molecule has 1 aliphatic heterocycles. The van der Waals surface area contributed by atoms with Gasteiger partial charge in [0.2, 0.25) is 0 Å². The summed E-state index contributed by atoms with van der Waals surface area (Å²) >= 11 is 0. The van der Waals surface area contributed by atoms with Gasteiger partial charge in [-0.05, 0) is 0 Å². The van der Waals surface area contributed by atoms with E-state index in [0.717, 1.165) is 0 Å². The normalized spacial score (nSPS) is 21.5. The van der Waals surface area contributed by atoms with Gasteiger partial charge in [0, 0.05) is 0 Å². The Balaban J connectivity index is 2.87. The summed E-state index contributed by atoms with van der Waals surface area (Å²) in [5.41, 5.74) is 1.77. The fourth-order valence-electron chi connectivity index (χ4n) is 0.735. The van der Waals surface area contributed by atoms with Crippen molar-refractivity contribution in [2.75, 3.05) is 6.61 Å². The Bertz CT molecular complexity index is 181. The number of nitrogens with one attached hydrogen (secondary N) is 1. The van der Waals surface area contributed by atoms with E-state index in [4.69, 9.17) is 0 Å². The number of rotatable bonds is 2. The molecule has 1 rings (SSSR count). The first-order valence-electron chi connectivity index (χ1n) is 2.77. The first-order chi connectivity index (χ1) is 5.09. The average molecular weight is 163 g/mol. The third kappa shape index (κ3) is 1.01. The van der Waals surface area contributed by atoms with E-state index in [1.54, 1.807) is 5.48 Å². The lowest BCUT2D eigenvalue weighted by Crippen LogP contribution is -2.53. The molecule has 1 N–H and O–H groups in total. The van der Waals surface area contributed by atoms with Crippen molar-refractivity contribution in [3.8, 4) is 0 Å². The molecule has 0 aromatic heterocycles. The zero-order chi connectivity index (χ0) is 8.48. The van der Waals surface area contributed by atoms with E-state index in [2.05, 4.69) is 4.84 Å².